The lowest BCUT2D eigenvalue weighted by molar-refractivity contribution is -0.143. The highest BCUT2D eigenvalue weighted by molar-refractivity contribution is 6.05. The zero-order valence-corrected chi connectivity index (χ0v) is 12.8. The summed E-state index contributed by atoms with van der Waals surface area (Å²) in [5.74, 6) is -2.81. The van der Waals surface area contributed by atoms with Gasteiger partial charge in [-0.1, -0.05) is 19.9 Å². The molecule has 6 heteroatoms. The Kier molecular flexibility index (Phi) is 4.33. The van der Waals surface area contributed by atoms with E-state index in [4.69, 9.17) is 0 Å². The van der Waals surface area contributed by atoms with Gasteiger partial charge in [0.05, 0.1) is 18.1 Å². The van der Waals surface area contributed by atoms with Gasteiger partial charge in [-0.25, -0.2) is 8.78 Å². The Bertz CT molecular complexity index is 617. The van der Waals surface area contributed by atoms with E-state index < -0.39 is 23.2 Å². The smallest absolute Gasteiger partial charge is 0.235 e. The number of imide groups is 1. The first-order chi connectivity index (χ1) is 10.2. The van der Waals surface area contributed by atoms with Gasteiger partial charge < -0.3 is 5.11 Å². The van der Waals surface area contributed by atoms with Gasteiger partial charge in [0.15, 0.2) is 11.6 Å². The monoisotopic (exact) mass is 311 g/mol. The van der Waals surface area contributed by atoms with Crippen molar-refractivity contribution in [3.8, 4) is 0 Å². The van der Waals surface area contributed by atoms with E-state index in [2.05, 4.69) is 0 Å². The van der Waals surface area contributed by atoms with E-state index in [0.29, 0.717) is 0 Å². The van der Waals surface area contributed by atoms with Crippen molar-refractivity contribution in [2.75, 3.05) is 6.54 Å². The summed E-state index contributed by atoms with van der Waals surface area (Å²) in [6.07, 6.45) is -1.16. The minimum absolute atomic E-state index is 0.0191. The van der Waals surface area contributed by atoms with Crippen LogP contribution in [0.2, 0.25) is 0 Å². The molecule has 1 aromatic rings. The van der Waals surface area contributed by atoms with Crippen LogP contribution in [0.25, 0.3) is 0 Å². The number of halogens is 2. The molecule has 1 heterocycles. The molecule has 0 aromatic heterocycles. The molecule has 0 aliphatic carbocycles. The van der Waals surface area contributed by atoms with E-state index in [1.54, 1.807) is 6.92 Å². The molecule has 1 aliphatic heterocycles. The number of carbonyl (C=O) groups is 2. The maximum absolute atomic E-state index is 13.2. The second-order valence-corrected chi connectivity index (χ2v) is 6.25. The highest BCUT2D eigenvalue weighted by Crippen LogP contribution is 2.39. The van der Waals surface area contributed by atoms with Crippen LogP contribution >= 0.6 is 0 Å². The van der Waals surface area contributed by atoms with E-state index >= 15 is 0 Å². The standard InChI is InChI=1S/C16H19F2NO3/c1-9(2)16(3)7-14(21)19(15(16)22)8-13(20)10-4-5-11(17)12(18)6-10/h4-6,9,13,20H,7-8H2,1-3H3. The van der Waals surface area contributed by atoms with Crippen molar-refractivity contribution in [2.24, 2.45) is 11.3 Å². The molecular formula is C16H19F2NO3. The first kappa shape index (κ1) is 16.5. The van der Waals surface area contributed by atoms with Gasteiger partial charge in [0.1, 0.15) is 0 Å². The normalized spacial score (nSPS) is 23.5. The number of amides is 2. The summed E-state index contributed by atoms with van der Waals surface area (Å²) in [6, 6.07) is 3.00. The quantitative estimate of drug-likeness (QED) is 0.869. The lowest BCUT2D eigenvalue weighted by Gasteiger charge is -2.26. The maximum atomic E-state index is 13.2. The topological polar surface area (TPSA) is 57.6 Å². The van der Waals surface area contributed by atoms with Gasteiger partial charge in [0, 0.05) is 6.42 Å². The molecule has 0 spiro atoms. The van der Waals surface area contributed by atoms with Gasteiger partial charge in [0.25, 0.3) is 0 Å². The van der Waals surface area contributed by atoms with Crippen molar-refractivity contribution in [3.05, 3.63) is 35.4 Å². The second-order valence-electron chi connectivity index (χ2n) is 6.25. The number of aliphatic hydroxyl groups is 1. The number of β-amino-alcohol motifs (C(OH)–C–C–N with tert-alkyl or cyclic N) is 1. The fourth-order valence-corrected chi connectivity index (χ4v) is 2.54. The summed E-state index contributed by atoms with van der Waals surface area (Å²) in [7, 11) is 0. The van der Waals surface area contributed by atoms with Crippen LogP contribution in [0.5, 0.6) is 0 Å². The summed E-state index contributed by atoms with van der Waals surface area (Å²) in [5.41, 5.74) is -0.664. The third-order valence-corrected chi connectivity index (χ3v) is 4.51. The van der Waals surface area contributed by atoms with Crippen LogP contribution in [0.3, 0.4) is 0 Å². The molecule has 2 unspecified atom stereocenters. The van der Waals surface area contributed by atoms with E-state index in [9.17, 15) is 23.5 Å². The number of hydrogen-bond donors (Lipinski definition) is 1. The van der Waals surface area contributed by atoms with Crippen molar-refractivity contribution in [1.29, 1.82) is 0 Å². The summed E-state index contributed by atoms with van der Waals surface area (Å²) < 4.78 is 26.1. The van der Waals surface area contributed by atoms with Crippen molar-refractivity contribution in [1.82, 2.24) is 4.90 Å². The van der Waals surface area contributed by atoms with Crippen LogP contribution < -0.4 is 0 Å². The van der Waals surface area contributed by atoms with E-state index in [1.807, 2.05) is 13.8 Å². The molecule has 120 valence electrons. The Hall–Kier alpha value is -1.82. The van der Waals surface area contributed by atoms with E-state index in [1.165, 1.54) is 6.07 Å². The van der Waals surface area contributed by atoms with E-state index in [0.717, 1.165) is 17.0 Å². The molecule has 1 fully saturated rings. The number of carbonyl (C=O) groups excluding carboxylic acids is 2. The van der Waals surface area contributed by atoms with Crippen LogP contribution in [-0.2, 0) is 9.59 Å². The first-order valence-corrected chi connectivity index (χ1v) is 7.14. The molecule has 4 nitrogen and oxygen atoms in total. The molecule has 2 amide bonds. The largest absolute Gasteiger partial charge is 0.387 e. The summed E-state index contributed by atoms with van der Waals surface area (Å²) in [6.45, 7) is 5.19. The molecule has 2 rings (SSSR count). The van der Waals surface area contributed by atoms with Crippen LogP contribution in [0, 0.1) is 23.0 Å². The molecule has 1 N–H and O–H groups in total. The number of nitrogens with zero attached hydrogens (tertiary/aromatic N) is 1. The van der Waals surface area contributed by atoms with Crippen molar-refractivity contribution < 1.29 is 23.5 Å². The average molecular weight is 311 g/mol. The Morgan fingerprint density at radius 2 is 1.91 bits per heavy atom. The Balaban J connectivity index is 2.18. The first-order valence-electron chi connectivity index (χ1n) is 7.14. The Morgan fingerprint density at radius 3 is 2.41 bits per heavy atom. The summed E-state index contributed by atoms with van der Waals surface area (Å²) >= 11 is 0. The van der Waals surface area contributed by atoms with Crippen LogP contribution in [0.15, 0.2) is 18.2 Å². The van der Waals surface area contributed by atoms with Crippen LogP contribution in [0.1, 0.15) is 38.9 Å². The van der Waals surface area contributed by atoms with Gasteiger partial charge in [-0.3, -0.25) is 14.5 Å². The van der Waals surface area contributed by atoms with Gasteiger partial charge in [-0.15, -0.1) is 0 Å². The zero-order chi connectivity index (χ0) is 16.7. The lowest BCUT2D eigenvalue weighted by atomic mass is 9.78. The minimum Gasteiger partial charge on any atom is -0.387 e. The highest BCUT2D eigenvalue weighted by Gasteiger charge is 2.50. The minimum atomic E-state index is -1.25. The third kappa shape index (κ3) is 2.75. The SMILES string of the molecule is CC(C)C1(C)CC(=O)N(CC(O)c2ccc(F)c(F)c2)C1=O. The van der Waals surface area contributed by atoms with Crippen molar-refractivity contribution >= 4 is 11.8 Å². The highest BCUT2D eigenvalue weighted by atomic mass is 19.2. The zero-order valence-electron chi connectivity index (χ0n) is 12.8. The number of hydrogen-bond acceptors (Lipinski definition) is 3. The predicted molar refractivity (Wildman–Crippen MR) is 75.6 cm³/mol. The van der Waals surface area contributed by atoms with Gasteiger partial charge in [-0.05, 0) is 30.5 Å². The maximum Gasteiger partial charge on any atom is 0.235 e. The molecule has 22 heavy (non-hydrogen) atoms. The number of aliphatic hydroxyl groups excluding tert-OH is 1. The van der Waals surface area contributed by atoms with Crippen molar-refractivity contribution in [3.63, 3.8) is 0 Å². The van der Waals surface area contributed by atoms with Gasteiger partial charge in [0.2, 0.25) is 11.8 Å². The van der Waals surface area contributed by atoms with Gasteiger partial charge >= 0.3 is 0 Å². The van der Waals surface area contributed by atoms with Crippen LogP contribution in [0.4, 0.5) is 8.78 Å². The average Bonchev–Trinajstić information content (AvgIpc) is 2.66. The lowest BCUT2D eigenvalue weighted by Crippen LogP contribution is -2.39. The number of likely N-dealkylation sites (tertiary alicyclic amines) is 1. The molecule has 0 bridgehead atoms. The van der Waals surface area contributed by atoms with E-state index in [-0.39, 0.29) is 36.3 Å². The predicted octanol–water partition coefficient (Wildman–Crippen LogP) is 2.42. The molecule has 0 saturated carbocycles. The molecule has 0 radical (unpaired) electrons. The number of benzene rings is 1. The Labute approximate surface area is 127 Å². The molecule has 2 atom stereocenters. The van der Waals surface area contributed by atoms with Gasteiger partial charge in [-0.2, -0.15) is 0 Å². The third-order valence-electron chi connectivity index (χ3n) is 4.51. The fraction of sp³-hybridized carbons (Fsp3) is 0.500. The molecule has 1 aromatic carbocycles. The van der Waals surface area contributed by atoms with Crippen molar-refractivity contribution in [2.45, 2.75) is 33.3 Å². The second kappa shape index (κ2) is 5.76. The Morgan fingerprint density at radius 1 is 1.27 bits per heavy atom. The summed E-state index contributed by atoms with van der Waals surface area (Å²) in [5, 5.41) is 10.1. The molecule has 1 saturated heterocycles. The molecular weight excluding hydrogens is 292 g/mol. The van der Waals surface area contributed by atoms with Crippen LogP contribution in [-0.4, -0.2) is 28.4 Å². The summed E-state index contributed by atoms with van der Waals surface area (Å²) in [4.78, 5) is 25.5. The molecule has 1 aliphatic rings. The number of rotatable bonds is 4. The fourth-order valence-electron chi connectivity index (χ4n) is 2.54.